The van der Waals surface area contributed by atoms with Gasteiger partial charge in [-0.25, -0.2) is 0 Å². The lowest BCUT2D eigenvalue weighted by atomic mass is 10.1. The Morgan fingerprint density at radius 1 is 0.825 bits per heavy atom. The number of nitrogens with two attached hydrogens (primary N) is 1. The lowest BCUT2D eigenvalue weighted by Gasteiger charge is -2.17. The lowest BCUT2D eigenvalue weighted by molar-refractivity contribution is -0.120. The summed E-state index contributed by atoms with van der Waals surface area (Å²) in [5, 5.41) is 9.53. The molecule has 0 radical (unpaired) electrons. The van der Waals surface area contributed by atoms with Gasteiger partial charge in [-0.05, 0) is 42.5 Å². The van der Waals surface area contributed by atoms with Gasteiger partial charge in [0.2, 0.25) is 23.8 Å². The molecule has 1 saturated heterocycles. The third kappa shape index (κ3) is 10.1. The molecule has 1 amide bonds. The summed E-state index contributed by atoms with van der Waals surface area (Å²) >= 11 is 0. The van der Waals surface area contributed by atoms with Crippen molar-refractivity contribution < 1.29 is 14.3 Å². The summed E-state index contributed by atoms with van der Waals surface area (Å²) in [6, 6.07) is 18.0. The van der Waals surface area contributed by atoms with Gasteiger partial charge in [0, 0.05) is 38.4 Å². The Morgan fingerprint density at radius 2 is 1.55 bits per heavy atom. The minimum Gasteiger partial charge on any atom is -0.378 e. The minimum absolute atomic E-state index is 0.0531. The fourth-order valence-corrected chi connectivity index (χ4v) is 4.27. The zero-order valence-corrected chi connectivity index (χ0v) is 23.0. The van der Waals surface area contributed by atoms with E-state index in [1.165, 1.54) is 5.56 Å². The molecule has 214 valence electrons. The van der Waals surface area contributed by atoms with E-state index in [-0.39, 0.29) is 5.91 Å². The highest BCUT2D eigenvalue weighted by Crippen LogP contribution is 2.21. The van der Waals surface area contributed by atoms with Crippen molar-refractivity contribution in [2.45, 2.75) is 25.7 Å². The molecule has 0 atom stereocenters. The summed E-state index contributed by atoms with van der Waals surface area (Å²) < 4.78 is 10.7. The van der Waals surface area contributed by atoms with Crippen molar-refractivity contribution in [2.75, 3.05) is 74.7 Å². The van der Waals surface area contributed by atoms with Crippen LogP contribution in [0.3, 0.4) is 0 Å². The number of hydrogen-bond acceptors (Lipinski definition) is 10. The number of amides is 1. The van der Waals surface area contributed by atoms with Gasteiger partial charge < -0.3 is 36.1 Å². The fourth-order valence-electron chi connectivity index (χ4n) is 4.27. The van der Waals surface area contributed by atoms with E-state index in [1.807, 2.05) is 42.5 Å². The summed E-state index contributed by atoms with van der Waals surface area (Å²) in [7, 11) is 0. The van der Waals surface area contributed by atoms with Crippen LogP contribution in [0.15, 0.2) is 54.6 Å². The Bertz CT molecular complexity index is 1160. The summed E-state index contributed by atoms with van der Waals surface area (Å²) in [6.07, 6.45) is 3.44. The monoisotopic (exact) mass is 548 g/mol. The van der Waals surface area contributed by atoms with Crippen molar-refractivity contribution in [2.24, 2.45) is 5.73 Å². The van der Waals surface area contributed by atoms with E-state index in [2.05, 4.69) is 47.9 Å². The van der Waals surface area contributed by atoms with Crippen molar-refractivity contribution in [1.29, 1.82) is 0 Å². The molecule has 40 heavy (non-hydrogen) atoms. The number of nitrogens with zero attached hydrogens (tertiary/aromatic N) is 4. The molecule has 11 nitrogen and oxygen atoms in total. The molecule has 4 rings (SSSR count). The molecule has 3 aromatic rings. The maximum Gasteiger partial charge on any atom is 0.233 e. The van der Waals surface area contributed by atoms with Crippen LogP contribution in [0.25, 0.3) is 0 Å². The molecule has 5 N–H and O–H groups in total. The van der Waals surface area contributed by atoms with Crippen molar-refractivity contribution in [1.82, 2.24) is 20.3 Å². The van der Waals surface area contributed by atoms with Crippen molar-refractivity contribution in [3.05, 3.63) is 65.7 Å². The van der Waals surface area contributed by atoms with Crippen LogP contribution in [0, 0.1) is 0 Å². The van der Waals surface area contributed by atoms with E-state index in [4.69, 9.17) is 15.2 Å². The first-order chi connectivity index (χ1) is 19.7. The molecule has 1 fully saturated rings. The van der Waals surface area contributed by atoms with E-state index in [0.29, 0.717) is 63.8 Å². The van der Waals surface area contributed by atoms with E-state index >= 15 is 0 Å². The van der Waals surface area contributed by atoms with Gasteiger partial charge >= 0.3 is 0 Å². The first-order valence-corrected chi connectivity index (χ1v) is 14.0. The smallest absolute Gasteiger partial charge is 0.233 e. The number of ether oxygens (including phenoxy) is 2. The average molecular weight is 549 g/mol. The summed E-state index contributed by atoms with van der Waals surface area (Å²) in [4.78, 5) is 28.4. The predicted octanol–water partition coefficient (Wildman–Crippen LogP) is 2.52. The fraction of sp³-hybridized carbons (Fsp3) is 0.448. The van der Waals surface area contributed by atoms with Gasteiger partial charge in [-0.3, -0.25) is 4.79 Å². The highest BCUT2D eigenvalue weighted by molar-refractivity contribution is 5.78. The Kier molecular flexibility index (Phi) is 11.9. The Labute approximate surface area is 235 Å². The van der Waals surface area contributed by atoms with Crippen LogP contribution in [0.1, 0.15) is 24.0 Å². The highest BCUT2D eigenvalue weighted by Gasteiger charge is 2.17. The van der Waals surface area contributed by atoms with Gasteiger partial charge in [-0.2, -0.15) is 15.0 Å². The predicted molar refractivity (Wildman–Crippen MR) is 157 cm³/mol. The van der Waals surface area contributed by atoms with Crippen LogP contribution in [-0.2, 0) is 27.1 Å². The van der Waals surface area contributed by atoms with Crippen LogP contribution >= 0.6 is 0 Å². The van der Waals surface area contributed by atoms with Gasteiger partial charge in [0.25, 0.3) is 0 Å². The first kappa shape index (κ1) is 29.2. The second kappa shape index (κ2) is 16.3. The number of hydrogen-bond donors (Lipinski definition) is 4. The maximum atomic E-state index is 12.3. The molecule has 0 unspecified atom stereocenters. The zero-order valence-electron chi connectivity index (χ0n) is 23.0. The molecular weight excluding hydrogens is 508 g/mol. The number of anilines is 4. The summed E-state index contributed by atoms with van der Waals surface area (Å²) in [5.41, 5.74) is 8.37. The topological polar surface area (TPSA) is 140 Å². The number of carbonyl (C=O) groups excluding carboxylic acids is 1. The van der Waals surface area contributed by atoms with Gasteiger partial charge in [0.1, 0.15) is 0 Å². The van der Waals surface area contributed by atoms with Crippen LogP contribution < -0.4 is 26.6 Å². The van der Waals surface area contributed by atoms with Gasteiger partial charge in [0.15, 0.2) is 0 Å². The molecule has 2 heterocycles. The Balaban J connectivity index is 1.27. The van der Waals surface area contributed by atoms with E-state index < -0.39 is 0 Å². The molecule has 1 aliphatic heterocycles. The number of benzene rings is 2. The van der Waals surface area contributed by atoms with Crippen LogP contribution in [0.5, 0.6) is 0 Å². The molecule has 0 saturated carbocycles. The minimum atomic E-state index is -0.0531. The van der Waals surface area contributed by atoms with Crippen LogP contribution in [0.2, 0.25) is 0 Å². The average Bonchev–Trinajstić information content (AvgIpc) is 3.52. The third-order valence-corrected chi connectivity index (χ3v) is 6.33. The molecule has 0 spiro atoms. The molecule has 11 heteroatoms. The van der Waals surface area contributed by atoms with Crippen molar-refractivity contribution >= 4 is 29.4 Å². The van der Waals surface area contributed by atoms with Crippen molar-refractivity contribution in [3.63, 3.8) is 0 Å². The second-order valence-corrected chi connectivity index (χ2v) is 9.50. The molecule has 1 aliphatic rings. The molecule has 0 aliphatic carbocycles. The highest BCUT2D eigenvalue weighted by atomic mass is 16.5. The van der Waals surface area contributed by atoms with Crippen molar-refractivity contribution in [3.8, 4) is 0 Å². The van der Waals surface area contributed by atoms with Gasteiger partial charge in [-0.1, -0.05) is 42.5 Å². The molecular formula is C29H40N8O3. The molecule has 1 aromatic heterocycles. The van der Waals surface area contributed by atoms with E-state index in [9.17, 15) is 4.79 Å². The summed E-state index contributed by atoms with van der Waals surface area (Å²) in [5.74, 6) is 1.66. The third-order valence-electron chi connectivity index (χ3n) is 6.33. The second-order valence-electron chi connectivity index (χ2n) is 9.50. The number of carbonyl (C=O) groups is 1. The number of rotatable bonds is 17. The quantitative estimate of drug-likeness (QED) is 0.186. The number of nitrogens with one attached hydrogen (secondary N) is 3. The summed E-state index contributed by atoms with van der Waals surface area (Å²) in [6.45, 7) is 5.51. The lowest BCUT2D eigenvalue weighted by Crippen LogP contribution is -2.29. The molecule has 2 aromatic carbocycles. The first-order valence-electron chi connectivity index (χ1n) is 14.0. The maximum absolute atomic E-state index is 12.3. The zero-order chi connectivity index (χ0) is 27.8. The largest absolute Gasteiger partial charge is 0.378 e. The van der Waals surface area contributed by atoms with E-state index in [0.717, 1.165) is 50.1 Å². The van der Waals surface area contributed by atoms with E-state index in [1.54, 1.807) is 0 Å². The Morgan fingerprint density at radius 3 is 2.30 bits per heavy atom. The number of aromatic nitrogens is 3. The van der Waals surface area contributed by atoms with Gasteiger partial charge in [-0.15, -0.1) is 0 Å². The SMILES string of the molecule is NCCOCCOCCNC(=O)Cc1ccc(Nc2nc(NCCc3ccccc3)nc(N3CCCC3)n2)cc1. The normalized spacial score (nSPS) is 12.9. The van der Waals surface area contributed by atoms with Crippen LogP contribution in [-0.4, -0.2) is 80.0 Å². The Hall–Kier alpha value is -3.80. The standard InChI is InChI=1S/C29H40N8O3/c30-13-18-39-20-21-40-19-15-31-26(38)22-24-8-10-25(11-9-24)33-28-34-27(32-14-12-23-6-2-1-3-7-23)35-29(36-28)37-16-4-5-17-37/h1-3,6-11H,4-5,12-22,30H2,(H,31,38)(H2,32,33,34,35,36). The van der Waals surface area contributed by atoms with Gasteiger partial charge in [0.05, 0.1) is 32.8 Å². The van der Waals surface area contributed by atoms with Crippen LogP contribution in [0.4, 0.5) is 23.5 Å². The molecule has 0 bridgehead atoms.